The first-order valence-electron chi connectivity index (χ1n) is 7.43. The summed E-state index contributed by atoms with van der Waals surface area (Å²) in [6.45, 7) is 0. The molecule has 0 saturated carbocycles. The number of ketones is 1. The number of para-hydroxylation sites is 1. The van der Waals surface area contributed by atoms with Gasteiger partial charge in [0.1, 0.15) is 16.9 Å². The number of carbonyl (C=O) groups excluding carboxylic acids is 1. The Morgan fingerprint density at radius 1 is 0.792 bits per heavy atom. The smallest absolute Gasteiger partial charge is 0.200 e. The summed E-state index contributed by atoms with van der Waals surface area (Å²) in [6, 6.07) is 17.9. The summed E-state index contributed by atoms with van der Waals surface area (Å²) in [5, 5.41) is 10.2. The van der Waals surface area contributed by atoms with Gasteiger partial charge in [0, 0.05) is 11.1 Å². The molecule has 0 spiro atoms. The molecule has 4 heteroatoms. The first kappa shape index (κ1) is 14.2. The summed E-state index contributed by atoms with van der Waals surface area (Å²) >= 11 is 0. The van der Waals surface area contributed by atoms with Gasteiger partial charge in [-0.3, -0.25) is 9.59 Å². The van der Waals surface area contributed by atoms with Crippen LogP contribution in [0.15, 0.2) is 75.9 Å². The Labute approximate surface area is 136 Å². The minimum absolute atomic E-state index is 0.0946. The Morgan fingerprint density at radius 3 is 2.25 bits per heavy atom. The standard InChI is InChI=1S/C20H12O4/c21-14-8-5-12(6-9-14)19(22)13-7-10-18-16(11-13)20(23)15-3-1-2-4-17(15)24-18/h1-11,21H. The van der Waals surface area contributed by atoms with Crippen molar-refractivity contribution in [3.8, 4) is 5.75 Å². The molecule has 4 rings (SSSR count). The van der Waals surface area contributed by atoms with Crippen LogP contribution < -0.4 is 5.43 Å². The first-order valence-corrected chi connectivity index (χ1v) is 7.43. The molecule has 0 aliphatic heterocycles. The van der Waals surface area contributed by atoms with E-state index in [0.717, 1.165) is 0 Å². The Bertz CT molecular complexity index is 1140. The van der Waals surface area contributed by atoms with Crippen LogP contribution in [-0.2, 0) is 0 Å². The van der Waals surface area contributed by atoms with E-state index in [4.69, 9.17) is 4.42 Å². The summed E-state index contributed by atoms with van der Waals surface area (Å²) in [6.07, 6.45) is 0. The number of carbonyl (C=O) groups is 1. The van der Waals surface area contributed by atoms with E-state index in [1.165, 1.54) is 12.1 Å². The van der Waals surface area contributed by atoms with Crippen LogP contribution in [0.3, 0.4) is 0 Å². The predicted octanol–water partition coefficient (Wildman–Crippen LogP) is 3.88. The van der Waals surface area contributed by atoms with Gasteiger partial charge in [-0.15, -0.1) is 0 Å². The lowest BCUT2D eigenvalue weighted by Crippen LogP contribution is -2.05. The fourth-order valence-corrected chi connectivity index (χ4v) is 2.72. The lowest BCUT2D eigenvalue weighted by atomic mass is 10.0. The molecule has 24 heavy (non-hydrogen) atoms. The zero-order chi connectivity index (χ0) is 16.7. The third kappa shape index (κ3) is 2.25. The van der Waals surface area contributed by atoms with Crippen molar-refractivity contribution in [2.45, 2.75) is 0 Å². The van der Waals surface area contributed by atoms with Gasteiger partial charge in [0.05, 0.1) is 10.8 Å². The molecule has 0 unspecified atom stereocenters. The number of hydrogen-bond acceptors (Lipinski definition) is 4. The molecule has 1 N–H and O–H groups in total. The second-order valence-electron chi connectivity index (χ2n) is 5.51. The van der Waals surface area contributed by atoms with Crippen LogP contribution in [0.5, 0.6) is 5.75 Å². The van der Waals surface area contributed by atoms with Gasteiger partial charge < -0.3 is 9.52 Å². The van der Waals surface area contributed by atoms with Crippen molar-refractivity contribution in [3.05, 3.63) is 88.1 Å². The summed E-state index contributed by atoms with van der Waals surface area (Å²) < 4.78 is 5.74. The third-order valence-corrected chi connectivity index (χ3v) is 3.97. The van der Waals surface area contributed by atoms with Gasteiger partial charge in [-0.1, -0.05) is 12.1 Å². The van der Waals surface area contributed by atoms with E-state index in [-0.39, 0.29) is 17.0 Å². The Hall–Kier alpha value is -3.40. The van der Waals surface area contributed by atoms with E-state index in [2.05, 4.69) is 0 Å². The highest BCUT2D eigenvalue weighted by Gasteiger charge is 2.13. The third-order valence-electron chi connectivity index (χ3n) is 3.97. The maximum atomic E-state index is 12.6. The highest BCUT2D eigenvalue weighted by molar-refractivity contribution is 6.10. The molecule has 0 fully saturated rings. The molecule has 0 saturated heterocycles. The van der Waals surface area contributed by atoms with Gasteiger partial charge in [-0.25, -0.2) is 0 Å². The summed E-state index contributed by atoms with van der Waals surface area (Å²) in [4.78, 5) is 25.2. The lowest BCUT2D eigenvalue weighted by molar-refractivity contribution is 0.103. The number of hydrogen-bond donors (Lipinski definition) is 1. The van der Waals surface area contributed by atoms with Crippen molar-refractivity contribution in [2.24, 2.45) is 0 Å². The molecular weight excluding hydrogens is 304 g/mol. The van der Waals surface area contributed by atoms with Gasteiger partial charge in [0.2, 0.25) is 5.43 Å². The minimum atomic E-state index is -0.218. The molecule has 116 valence electrons. The van der Waals surface area contributed by atoms with E-state index < -0.39 is 0 Å². The molecule has 0 aliphatic carbocycles. The Kier molecular flexibility index (Phi) is 3.17. The second-order valence-corrected chi connectivity index (χ2v) is 5.51. The fraction of sp³-hybridized carbons (Fsp3) is 0. The number of rotatable bonds is 2. The second kappa shape index (κ2) is 5.35. The summed E-state index contributed by atoms with van der Waals surface area (Å²) in [5.41, 5.74) is 1.65. The Balaban J connectivity index is 1.90. The molecule has 3 aromatic carbocycles. The molecule has 1 heterocycles. The van der Waals surface area contributed by atoms with Crippen LogP contribution >= 0.6 is 0 Å². The van der Waals surface area contributed by atoms with E-state index in [9.17, 15) is 14.7 Å². The molecule has 0 atom stereocenters. The van der Waals surface area contributed by atoms with Crippen molar-refractivity contribution in [3.63, 3.8) is 0 Å². The number of benzene rings is 3. The SMILES string of the molecule is O=C(c1ccc(O)cc1)c1ccc2oc3ccccc3c(=O)c2c1. The number of aromatic hydroxyl groups is 1. The van der Waals surface area contributed by atoms with Crippen LogP contribution in [0.2, 0.25) is 0 Å². The van der Waals surface area contributed by atoms with Crippen LogP contribution in [0.25, 0.3) is 21.9 Å². The van der Waals surface area contributed by atoms with Crippen molar-refractivity contribution in [2.75, 3.05) is 0 Å². The van der Waals surface area contributed by atoms with Crippen molar-refractivity contribution in [1.82, 2.24) is 0 Å². The number of phenols is 1. The van der Waals surface area contributed by atoms with Gasteiger partial charge in [0.25, 0.3) is 0 Å². The highest BCUT2D eigenvalue weighted by atomic mass is 16.3. The van der Waals surface area contributed by atoms with Crippen molar-refractivity contribution >= 4 is 27.7 Å². The normalized spacial score (nSPS) is 11.0. The summed E-state index contributed by atoms with van der Waals surface area (Å²) in [5.74, 6) is -0.123. The van der Waals surface area contributed by atoms with Gasteiger partial charge in [0.15, 0.2) is 5.78 Å². The topological polar surface area (TPSA) is 67.5 Å². The van der Waals surface area contributed by atoms with E-state index in [0.29, 0.717) is 33.1 Å². The maximum absolute atomic E-state index is 12.6. The zero-order valence-electron chi connectivity index (χ0n) is 12.5. The average Bonchev–Trinajstić information content (AvgIpc) is 2.62. The fourth-order valence-electron chi connectivity index (χ4n) is 2.72. The predicted molar refractivity (Wildman–Crippen MR) is 91.5 cm³/mol. The highest BCUT2D eigenvalue weighted by Crippen LogP contribution is 2.21. The van der Waals surface area contributed by atoms with E-state index in [1.807, 2.05) is 0 Å². The first-order chi connectivity index (χ1) is 11.6. The molecular formula is C20H12O4. The van der Waals surface area contributed by atoms with Gasteiger partial charge in [-0.05, 0) is 54.6 Å². The molecule has 4 aromatic rings. The average molecular weight is 316 g/mol. The molecule has 1 aromatic heterocycles. The minimum Gasteiger partial charge on any atom is -0.508 e. The monoisotopic (exact) mass is 316 g/mol. The van der Waals surface area contributed by atoms with Crippen LogP contribution in [0.1, 0.15) is 15.9 Å². The molecule has 0 amide bonds. The number of phenolic OH excluding ortho intramolecular Hbond substituents is 1. The largest absolute Gasteiger partial charge is 0.508 e. The van der Waals surface area contributed by atoms with Crippen LogP contribution in [-0.4, -0.2) is 10.9 Å². The molecule has 4 nitrogen and oxygen atoms in total. The molecule has 0 aliphatic rings. The number of fused-ring (bicyclic) bond motifs is 2. The lowest BCUT2D eigenvalue weighted by Gasteiger charge is -2.05. The van der Waals surface area contributed by atoms with Gasteiger partial charge in [-0.2, -0.15) is 0 Å². The zero-order valence-corrected chi connectivity index (χ0v) is 12.5. The van der Waals surface area contributed by atoms with Crippen molar-refractivity contribution in [1.29, 1.82) is 0 Å². The molecule has 0 radical (unpaired) electrons. The van der Waals surface area contributed by atoms with E-state index in [1.54, 1.807) is 54.6 Å². The summed E-state index contributed by atoms with van der Waals surface area (Å²) in [7, 11) is 0. The van der Waals surface area contributed by atoms with E-state index >= 15 is 0 Å². The molecule has 0 bridgehead atoms. The van der Waals surface area contributed by atoms with Crippen LogP contribution in [0.4, 0.5) is 0 Å². The van der Waals surface area contributed by atoms with Crippen molar-refractivity contribution < 1.29 is 14.3 Å². The van der Waals surface area contributed by atoms with Gasteiger partial charge >= 0.3 is 0 Å². The Morgan fingerprint density at radius 2 is 1.46 bits per heavy atom. The quantitative estimate of drug-likeness (QED) is 0.450. The van der Waals surface area contributed by atoms with Crippen LogP contribution in [0, 0.1) is 0 Å². The maximum Gasteiger partial charge on any atom is 0.200 e.